The Kier molecular flexibility index (Phi) is 6.21. The first-order valence-electron chi connectivity index (χ1n) is 13.6. The number of nitrogens with zero attached hydrogens (tertiary/aromatic N) is 4. The fraction of sp³-hybridized carbons (Fsp3) is 0. The van der Waals surface area contributed by atoms with Gasteiger partial charge < -0.3 is 0 Å². The third-order valence-corrected chi connectivity index (χ3v) is 7.66. The number of nitriles is 2. The summed E-state index contributed by atoms with van der Waals surface area (Å²) in [5, 5.41) is 23.0. The maximum Gasteiger partial charge on any atom is 0.140 e. The highest BCUT2D eigenvalue weighted by atomic mass is 14.7. The van der Waals surface area contributed by atoms with E-state index in [0.29, 0.717) is 11.4 Å². The molecule has 0 radical (unpaired) electrons. The van der Waals surface area contributed by atoms with Crippen LogP contribution in [0.25, 0.3) is 66.1 Å². The Balaban J connectivity index is 1.45. The van der Waals surface area contributed by atoms with Crippen molar-refractivity contribution in [2.24, 2.45) is 0 Å². The Morgan fingerprint density at radius 1 is 0.381 bits per heavy atom. The van der Waals surface area contributed by atoms with Crippen molar-refractivity contribution in [3.8, 4) is 56.6 Å². The third kappa shape index (κ3) is 4.34. The SMILES string of the molecule is N#Cc1ccc(-c2cccc(-c3c4ccccc4c(-c4cccc(-c5ccc(C#N)nc5)c4)c4ccccc34)c2)cn1. The van der Waals surface area contributed by atoms with Gasteiger partial charge in [-0.15, -0.1) is 0 Å². The molecule has 5 aromatic carbocycles. The molecule has 0 aliphatic rings. The lowest BCUT2D eigenvalue weighted by Gasteiger charge is -2.18. The van der Waals surface area contributed by atoms with Gasteiger partial charge in [0.15, 0.2) is 0 Å². The molecule has 4 nitrogen and oxygen atoms in total. The van der Waals surface area contributed by atoms with Gasteiger partial charge in [-0.05, 0) is 91.3 Å². The molecule has 0 bridgehead atoms. The molecule has 7 rings (SSSR count). The number of hydrogen-bond acceptors (Lipinski definition) is 4. The van der Waals surface area contributed by atoms with Crippen molar-refractivity contribution in [3.05, 3.63) is 145 Å². The molecule has 4 heteroatoms. The maximum atomic E-state index is 9.16. The summed E-state index contributed by atoms with van der Waals surface area (Å²) in [7, 11) is 0. The average Bonchev–Trinajstić information content (AvgIpc) is 3.07. The van der Waals surface area contributed by atoms with Crippen LogP contribution in [0.3, 0.4) is 0 Å². The molecule has 0 atom stereocenters. The van der Waals surface area contributed by atoms with Gasteiger partial charge in [-0.25, -0.2) is 9.97 Å². The first-order valence-corrected chi connectivity index (χ1v) is 13.6. The average molecular weight is 535 g/mol. The van der Waals surface area contributed by atoms with Gasteiger partial charge in [0.25, 0.3) is 0 Å². The highest BCUT2D eigenvalue weighted by Crippen LogP contribution is 2.44. The summed E-state index contributed by atoms with van der Waals surface area (Å²) in [6.07, 6.45) is 3.51. The highest BCUT2D eigenvalue weighted by molar-refractivity contribution is 6.21. The molecule has 0 saturated heterocycles. The summed E-state index contributed by atoms with van der Waals surface area (Å²) in [5.74, 6) is 0. The molecule has 194 valence electrons. The second-order valence-corrected chi connectivity index (χ2v) is 10.1. The van der Waals surface area contributed by atoms with Crippen LogP contribution in [-0.4, -0.2) is 9.97 Å². The molecule has 0 N–H and O–H groups in total. The van der Waals surface area contributed by atoms with E-state index in [2.05, 4.69) is 119 Å². The molecular weight excluding hydrogens is 512 g/mol. The maximum absolute atomic E-state index is 9.16. The molecule has 0 fully saturated rings. The lowest BCUT2D eigenvalue weighted by atomic mass is 9.85. The van der Waals surface area contributed by atoms with Crippen LogP contribution in [0.15, 0.2) is 134 Å². The highest BCUT2D eigenvalue weighted by Gasteiger charge is 2.17. The lowest BCUT2D eigenvalue weighted by Crippen LogP contribution is -1.92. The van der Waals surface area contributed by atoms with Crippen LogP contribution in [0, 0.1) is 22.7 Å². The summed E-state index contributed by atoms with van der Waals surface area (Å²) in [6.45, 7) is 0. The minimum absolute atomic E-state index is 0.405. The molecule has 2 aromatic heterocycles. The number of aromatic nitrogens is 2. The van der Waals surface area contributed by atoms with Gasteiger partial charge in [-0.3, -0.25) is 0 Å². The van der Waals surface area contributed by atoms with E-state index in [1.54, 1.807) is 24.5 Å². The predicted octanol–water partition coefficient (Wildman–Crippen LogP) is 9.19. The lowest BCUT2D eigenvalue weighted by molar-refractivity contribution is 1.26. The van der Waals surface area contributed by atoms with Crippen LogP contribution in [0.2, 0.25) is 0 Å². The Hall–Kier alpha value is -6.10. The summed E-state index contributed by atoms with van der Waals surface area (Å²) in [5.41, 5.74) is 9.44. The van der Waals surface area contributed by atoms with Crippen LogP contribution in [0.4, 0.5) is 0 Å². The first kappa shape index (κ1) is 24.9. The molecule has 0 aliphatic heterocycles. The van der Waals surface area contributed by atoms with Crippen molar-refractivity contribution in [2.75, 3.05) is 0 Å². The van der Waals surface area contributed by atoms with Crippen molar-refractivity contribution in [2.45, 2.75) is 0 Å². The van der Waals surface area contributed by atoms with E-state index in [-0.39, 0.29) is 0 Å². The van der Waals surface area contributed by atoms with Gasteiger partial charge in [-0.1, -0.05) is 84.9 Å². The second-order valence-electron chi connectivity index (χ2n) is 10.1. The number of benzene rings is 5. The van der Waals surface area contributed by atoms with Crippen LogP contribution >= 0.6 is 0 Å². The zero-order valence-corrected chi connectivity index (χ0v) is 22.5. The molecule has 0 saturated carbocycles. The van der Waals surface area contributed by atoms with Crippen molar-refractivity contribution in [3.63, 3.8) is 0 Å². The number of hydrogen-bond donors (Lipinski definition) is 0. The Morgan fingerprint density at radius 2 is 0.762 bits per heavy atom. The molecule has 0 aliphatic carbocycles. The largest absolute Gasteiger partial charge is 0.245 e. The number of pyridine rings is 2. The molecule has 42 heavy (non-hydrogen) atoms. The molecule has 0 spiro atoms. The van der Waals surface area contributed by atoms with Gasteiger partial charge in [0.05, 0.1) is 0 Å². The molecule has 0 unspecified atom stereocenters. The zero-order valence-electron chi connectivity index (χ0n) is 22.5. The summed E-state index contributed by atoms with van der Waals surface area (Å²) in [4.78, 5) is 8.56. The summed E-state index contributed by atoms with van der Waals surface area (Å²) < 4.78 is 0. The van der Waals surface area contributed by atoms with Gasteiger partial charge in [0.1, 0.15) is 23.5 Å². The van der Waals surface area contributed by atoms with E-state index in [4.69, 9.17) is 10.5 Å². The molecular formula is C38H22N4. The second kappa shape index (κ2) is 10.5. The van der Waals surface area contributed by atoms with Gasteiger partial charge in [-0.2, -0.15) is 10.5 Å². The van der Waals surface area contributed by atoms with E-state index >= 15 is 0 Å². The van der Waals surface area contributed by atoms with E-state index < -0.39 is 0 Å². The minimum atomic E-state index is 0.405. The Bertz CT molecular complexity index is 1980. The topological polar surface area (TPSA) is 73.4 Å². The first-order chi connectivity index (χ1) is 20.7. The summed E-state index contributed by atoms with van der Waals surface area (Å²) >= 11 is 0. The van der Waals surface area contributed by atoms with Crippen LogP contribution in [-0.2, 0) is 0 Å². The van der Waals surface area contributed by atoms with Crippen LogP contribution in [0.1, 0.15) is 11.4 Å². The van der Waals surface area contributed by atoms with Gasteiger partial charge in [0.2, 0.25) is 0 Å². The van der Waals surface area contributed by atoms with E-state index in [9.17, 15) is 0 Å². The molecule has 2 heterocycles. The van der Waals surface area contributed by atoms with E-state index in [1.807, 2.05) is 12.1 Å². The van der Waals surface area contributed by atoms with E-state index in [1.165, 1.54) is 32.7 Å². The standard InChI is InChI=1S/C38H22N4/c39-21-31-17-15-29(23-41-31)25-7-5-9-27(19-25)37-33-11-1-2-12-34(33)38(36-14-4-3-13-35(36)37)28-10-6-8-26(20-28)30-16-18-32(22-40)42-24-30/h1-20,23-24H. The number of rotatable bonds is 4. The van der Waals surface area contributed by atoms with E-state index in [0.717, 1.165) is 33.4 Å². The minimum Gasteiger partial charge on any atom is -0.245 e. The van der Waals surface area contributed by atoms with Gasteiger partial charge in [0, 0.05) is 23.5 Å². The van der Waals surface area contributed by atoms with Crippen LogP contribution in [0.5, 0.6) is 0 Å². The van der Waals surface area contributed by atoms with Crippen molar-refractivity contribution in [1.82, 2.24) is 9.97 Å². The molecule has 7 aromatic rings. The third-order valence-electron chi connectivity index (χ3n) is 7.66. The van der Waals surface area contributed by atoms with Crippen molar-refractivity contribution in [1.29, 1.82) is 10.5 Å². The van der Waals surface area contributed by atoms with Crippen molar-refractivity contribution < 1.29 is 0 Å². The summed E-state index contributed by atoms with van der Waals surface area (Å²) in [6, 6.07) is 45.8. The normalized spacial score (nSPS) is 10.8. The fourth-order valence-electron chi connectivity index (χ4n) is 5.72. The Labute approximate surface area is 243 Å². The smallest absolute Gasteiger partial charge is 0.140 e. The Morgan fingerprint density at radius 3 is 1.10 bits per heavy atom. The number of fused-ring (bicyclic) bond motifs is 2. The van der Waals surface area contributed by atoms with Gasteiger partial charge >= 0.3 is 0 Å². The fourth-order valence-corrected chi connectivity index (χ4v) is 5.72. The quantitative estimate of drug-likeness (QED) is 0.211. The zero-order chi connectivity index (χ0) is 28.5. The van der Waals surface area contributed by atoms with Crippen molar-refractivity contribution >= 4 is 21.5 Å². The predicted molar refractivity (Wildman–Crippen MR) is 168 cm³/mol. The monoisotopic (exact) mass is 534 g/mol. The van der Waals surface area contributed by atoms with Crippen LogP contribution < -0.4 is 0 Å². The molecule has 0 amide bonds.